The number of benzene rings is 2. The lowest BCUT2D eigenvalue weighted by atomic mass is 10.1. The van der Waals surface area contributed by atoms with Gasteiger partial charge < -0.3 is 15.8 Å². The summed E-state index contributed by atoms with van der Waals surface area (Å²) in [6.07, 6.45) is 0.888. The highest BCUT2D eigenvalue weighted by Crippen LogP contribution is 2.17. The van der Waals surface area contributed by atoms with Crippen LogP contribution in [0.3, 0.4) is 0 Å². The Morgan fingerprint density at radius 1 is 1.13 bits per heavy atom. The Balaban J connectivity index is 1.99. The fourth-order valence-electron chi connectivity index (χ4n) is 2.20. The predicted molar refractivity (Wildman–Crippen MR) is 90.2 cm³/mol. The van der Waals surface area contributed by atoms with Gasteiger partial charge in [-0.15, -0.1) is 0 Å². The van der Waals surface area contributed by atoms with Gasteiger partial charge in [-0.2, -0.15) is 0 Å². The van der Waals surface area contributed by atoms with E-state index in [1.807, 2.05) is 18.2 Å². The summed E-state index contributed by atoms with van der Waals surface area (Å²) >= 11 is 0. The van der Waals surface area contributed by atoms with Crippen LogP contribution in [0.5, 0.6) is 0 Å². The van der Waals surface area contributed by atoms with Crippen molar-refractivity contribution in [3.63, 3.8) is 0 Å². The third kappa shape index (κ3) is 4.85. The number of anilines is 2. The van der Waals surface area contributed by atoms with Gasteiger partial charge in [0.2, 0.25) is 5.91 Å². The lowest BCUT2D eigenvalue weighted by Gasteiger charge is -2.10. The van der Waals surface area contributed by atoms with Crippen molar-refractivity contribution in [3.05, 3.63) is 59.7 Å². The second-order valence-electron chi connectivity index (χ2n) is 5.06. The molecule has 0 aliphatic heterocycles. The van der Waals surface area contributed by atoms with Crippen LogP contribution in [0.4, 0.5) is 11.4 Å². The molecule has 2 aromatic carbocycles. The van der Waals surface area contributed by atoms with E-state index in [2.05, 4.69) is 5.32 Å². The van der Waals surface area contributed by atoms with Crippen LogP contribution < -0.4 is 11.1 Å². The number of nitrogens with one attached hydrogen (secondary N) is 1. The SMILES string of the molecule is CCOC(=O)c1ccccc1NC(=O)CCc1cccc(N)c1. The first kappa shape index (κ1) is 16.5. The lowest BCUT2D eigenvalue weighted by Crippen LogP contribution is -2.16. The molecule has 0 fully saturated rings. The number of carbonyl (C=O) groups excluding carboxylic acids is 2. The Labute approximate surface area is 135 Å². The third-order valence-electron chi connectivity index (χ3n) is 3.29. The molecule has 3 N–H and O–H groups in total. The molecule has 0 atom stereocenters. The molecule has 0 aliphatic carbocycles. The first-order valence-corrected chi connectivity index (χ1v) is 7.50. The van der Waals surface area contributed by atoms with Crippen LogP contribution in [0.25, 0.3) is 0 Å². The van der Waals surface area contributed by atoms with Crippen molar-refractivity contribution in [2.24, 2.45) is 0 Å². The van der Waals surface area contributed by atoms with Crippen LogP contribution in [0.1, 0.15) is 29.3 Å². The average Bonchev–Trinajstić information content (AvgIpc) is 2.54. The van der Waals surface area contributed by atoms with E-state index in [0.717, 1.165) is 5.56 Å². The Bertz CT molecular complexity index is 698. The second kappa shape index (κ2) is 7.98. The monoisotopic (exact) mass is 312 g/mol. The minimum atomic E-state index is -0.445. The number of carbonyl (C=O) groups is 2. The quantitative estimate of drug-likeness (QED) is 0.634. The normalized spacial score (nSPS) is 10.1. The topological polar surface area (TPSA) is 81.4 Å². The maximum absolute atomic E-state index is 12.1. The zero-order valence-corrected chi connectivity index (χ0v) is 13.0. The fraction of sp³-hybridized carbons (Fsp3) is 0.222. The van der Waals surface area contributed by atoms with Crippen molar-refractivity contribution < 1.29 is 14.3 Å². The number of rotatable bonds is 6. The van der Waals surface area contributed by atoms with Gasteiger partial charge in [0.05, 0.1) is 17.9 Å². The first-order valence-electron chi connectivity index (χ1n) is 7.50. The number of ether oxygens (including phenoxy) is 1. The number of esters is 1. The molecule has 2 rings (SSSR count). The second-order valence-corrected chi connectivity index (χ2v) is 5.06. The molecule has 5 nitrogen and oxygen atoms in total. The van der Waals surface area contributed by atoms with Gasteiger partial charge in [0, 0.05) is 12.1 Å². The van der Waals surface area contributed by atoms with E-state index in [9.17, 15) is 9.59 Å². The van der Waals surface area contributed by atoms with Crippen molar-refractivity contribution in [2.75, 3.05) is 17.7 Å². The van der Waals surface area contributed by atoms with Crippen molar-refractivity contribution in [1.82, 2.24) is 0 Å². The number of para-hydroxylation sites is 1. The molecule has 0 heterocycles. The largest absolute Gasteiger partial charge is 0.462 e. The molecular formula is C18H20N2O3. The van der Waals surface area contributed by atoms with Crippen LogP contribution in [0, 0.1) is 0 Å². The number of hydrogen-bond donors (Lipinski definition) is 2. The van der Waals surface area contributed by atoms with Gasteiger partial charge in [-0.05, 0) is 43.2 Å². The van der Waals surface area contributed by atoms with Gasteiger partial charge in [0.1, 0.15) is 0 Å². The average molecular weight is 312 g/mol. The predicted octanol–water partition coefficient (Wildman–Crippen LogP) is 3.02. The van der Waals surface area contributed by atoms with Crippen molar-refractivity contribution >= 4 is 23.3 Å². The number of hydrogen-bond acceptors (Lipinski definition) is 4. The Morgan fingerprint density at radius 2 is 1.91 bits per heavy atom. The summed E-state index contributed by atoms with van der Waals surface area (Å²) in [7, 11) is 0. The molecule has 0 aliphatic rings. The zero-order chi connectivity index (χ0) is 16.7. The third-order valence-corrected chi connectivity index (χ3v) is 3.29. The molecule has 0 saturated heterocycles. The van der Waals surface area contributed by atoms with E-state index in [0.29, 0.717) is 29.8 Å². The summed E-state index contributed by atoms with van der Waals surface area (Å²) in [4.78, 5) is 24.0. The fourth-order valence-corrected chi connectivity index (χ4v) is 2.20. The summed E-state index contributed by atoms with van der Waals surface area (Å²) in [6.45, 7) is 2.03. The Kier molecular flexibility index (Phi) is 5.74. The highest BCUT2D eigenvalue weighted by atomic mass is 16.5. The summed E-state index contributed by atoms with van der Waals surface area (Å²) in [5.74, 6) is -0.608. The summed E-state index contributed by atoms with van der Waals surface area (Å²) in [5, 5.41) is 2.76. The van der Waals surface area contributed by atoms with Crippen LogP contribution in [-0.2, 0) is 16.0 Å². The number of nitrogens with two attached hydrogens (primary N) is 1. The zero-order valence-electron chi connectivity index (χ0n) is 13.0. The summed E-state index contributed by atoms with van der Waals surface area (Å²) in [5.41, 5.74) is 8.21. The van der Waals surface area contributed by atoms with E-state index >= 15 is 0 Å². The van der Waals surface area contributed by atoms with E-state index in [-0.39, 0.29) is 12.5 Å². The minimum absolute atomic E-state index is 0.163. The number of nitrogen functional groups attached to an aromatic ring is 1. The van der Waals surface area contributed by atoms with E-state index in [4.69, 9.17) is 10.5 Å². The molecule has 23 heavy (non-hydrogen) atoms. The highest BCUT2D eigenvalue weighted by Gasteiger charge is 2.13. The smallest absolute Gasteiger partial charge is 0.340 e. The van der Waals surface area contributed by atoms with Gasteiger partial charge in [-0.3, -0.25) is 4.79 Å². The van der Waals surface area contributed by atoms with Gasteiger partial charge in [0.15, 0.2) is 0 Å². The molecule has 0 aromatic heterocycles. The molecule has 0 saturated carbocycles. The molecule has 1 amide bonds. The van der Waals surface area contributed by atoms with Crippen LogP contribution in [0.15, 0.2) is 48.5 Å². The maximum Gasteiger partial charge on any atom is 0.340 e. The molecule has 0 unspecified atom stereocenters. The highest BCUT2D eigenvalue weighted by molar-refractivity contribution is 6.01. The van der Waals surface area contributed by atoms with E-state index in [1.165, 1.54) is 0 Å². The van der Waals surface area contributed by atoms with Crippen LogP contribution >= 0.6 is 0 Å². The first-order chi connectivity index (χ1) is 11.1. The molecule has 0 radical (unpaired) electrons. The van der Waals surface area contributed by atoms with Crippen molar-refractivity contribution in [1.29, 1.82) is 0 Å². The standard InChI is InChI=1S/C18H20N2O3/c1-2-23-18(22)15-8-3-4-9-16(15)20-17(21)11-10-13-6-5-7-14(19)12-13/h3-9,12H,2,10-11,19H2,1H3,(H,20,21). The minimum Gasteiger partial charge on any atom is -0.462 e. The maximum atomic E-state index is 12.1. The molecule has 0 bridgehead atoms. The summed E-state index contributed by atoms with van der Waals surface area (Å²) < 4.78 is 4.99. The Hall–Kier alpha value is -2.82. The van der Waals surface area contributed by atoms with Crippen LogP contribution in [-0.4, -0.2) is 18.5 Å². The Morgan fingerprint density at radius 3 is 2.65 bits per heavy atom. The number of aryl methyl sites for hydroxylation is 1. The van der Waals surface area contributed by atoms with Gasteiger partial charge in [-0.25, -0.2) is 4.79 Å². The number of amides is 1. The molecule has 5 heteroatoms. The molecule has 2 aromatic rings. The van der Waals surface area contributed by atoms with Gasteiger partial charge >= 0.3 is 5.97 Å². The summed E-state index contributed by atoms with van der Waals surface area (Å²) in [6, 6.07) is 14.2. The van der Waals surface area contributed by atoms with Crippen molar-refractivity contribution in [2.45, 2.75) is 19.8 Å². The van der Waals surface area contributed by atoms with Gasteiger partial charge in [-0.1, -0.05) is 24.3 Å². The van der Waals surface area contributed by atoms with Gasteiger partial charge in [0.25, 0.3) is 0 Å². The lowest BCUT2D eigenvalue weighted by molar-refractivity contribution is -0.116. The molecular weight excluding hydrogens is 292 g/mol. The van der Waals surface area contributed by atoms with Crippen molar-refractivity contribution in [3.8, 4) is 0 Å². The van der Waals surface area contributed by atoms with E-state index < -0.39 is 5.97 Å². The van der Waals surface area contributed by atoms with E-state index in [1.54, 1.807) is 37.3 Å². The molecule has 120 valence electrons. The molecule has 0 spiro atoms. The van der Waals surface area contributed by atoms with Crippen LogP contribution in [0.2, 0.25) is 0 Å².